The fourth-order valence-electron chi connectivity index (χ4n) is 9.89. The van der Waals surface area contributed by atoms with Gasteiger partial charge in [-0.05, 0) is 101 Å². The van der Waals surface area contributed by atoms with Gasteiger partial charge in [-0.15, -0.1) is 0 Å². The van der Waals surface area contributed by atoms with Gasteiger partial charge in [0.1, 0.15) is 12.2 Å². The number of rotatable bonds is 5. The lowest BCUT2D eigenvalue weighted by atomic mass is 9.65. The molecule has 2 aromatic rings. The van der Waals surface area contributed by atoms with Gasteiger partial charge < -0.3 is 14.6 Å². The fraction of sp³-hybridized carbons (Fsp3) is 0.697. The summed E-state index contributed by atoms with van der Waals surface area (Å²) < 4.78 is 2.00. The van der Waals surface area contributed by atoms with Crippen LogP contribution in [0.25, 0.3) is 11.0 Å². The van der Waals surface area contributed by atoms with Gasteiger partial charge in [-0.1, -0.05) is 25.5 Å². The molecule has 4 heterocycles. The lowest BCUT2D eigenvalue weighted by Crippen LogP contribution is -2.59. The molecule has 8 heteroatoms. The van der Waals surface area contributed by atoms with E-state index in [-0.39, 0.29) is 17.5 Å². The van der Waals surface area contributed by atoms with Crippen LogP contribution in [-0.4, -0.2) is 61.0 Å². The number of amides is 1. The summed E-state index contributed by atoms with van der Waals surface area (Å²) in [6.45, 7) is 2.04. The number of carbonyl (C=O) groups excluding carboxylic acids is 1. The maximum Gasteiger partial charge on any atom is 0.323 e. The first-order valence-corrected chi connectivity index (χ1v) is 16.2. The van der Waals surface area contributed by atoms with Crippen LogP contribution < -0.4 is 5.56 Å². The number of likely N-dealkylation sites (tertiary alicyclic amines) is 1. The van der Waals surface area contributed by atoms with Crippen molar-refractivity contribution in [3.8, 4) is 0 Å². The molecule has 5 aliphatic rings. The lowest BCUT2D eigenvalue weighted by molar-refractivity contribution is -0.148. The minimum atomic E-state index is -1.06. The van der Waals surface area contributed by atoms with Gasteiger partial charge in [0.05, 0.1) is 17.1 Å². The highest BCUT2D eigenvalue weighted by molar-refractivity contribution is 5.82. The van der Waals surface area contributed by atoms with Crippen molar-refractivity contribution < 1.29 is 14.7 Å². The minimum absolute atomic E-state index is 0.0797. The Morgan fingerprint density at radius 1 is 0.878 bits per heavy atom. The predicted octanol–water partition coefficient (Wildman–Crippen LogP) is 5.31. The van der Waals surface area contributed by atoms with Crippen LogP contribution in [0.5, 0.6) is 0 Å². The van der Waals surface area contributed by atoms with Crippen molar-refractivity contribution in [1.82, 2.24) is 19.4 Å². The Bertz CT molecular complexity index is 1360. The highest BCUT2D eigenvalue weighted by Crippen LogP contribution is 2.48. The van der Waals surface area contributed by atoms with Crippen LogP contribution in [0.1, 0.15) is 108 Å². The van der Waals surface area contributed by atoms with Crippen molar-refractivity contribution in [1.29, 1.82) is 0 Å². The van der Waals surface area contributed by atoms with Gasteiger partial charge in [0.15, 0.2) is 0 Å². The molecule has 2 saturated carbocycles. The number of aromatic nitrogens is 2. The number of piperidine rings is 3. The Hall–Kier alpha value is -2.74. The van der Waals surface area contributed by atoms with Crippen molar-refractivity contribution in [2.45, 2.75) is 121 Å². The first kappa shape index (κ1) is 27.1. The Balaban J connectivity index is 1.23. The predicted molar refractivity (Wildman–Crippen MR) is 156 cm³/mol. The standard InChI is InChI=1S/C33H44N4O4/c1-20-12-21-14-22(13-20)16-25(15-21)36-23-6-4-7-24(36)18-26(17-23)37-28-9-3-2-8-27(28)34-32(33(37)41)29-10-5-11-30(38)35(29)19-31(39)40/h2-3,8-9,20-26,29H,4-7,10-19H2,1H3,(H,39,40)/t20?,21-,22+,23-,24+,25?,26?,29?. The topological polar surface area (TPSA) is 95.7 Å². The summed E-state index contributed by atoms with van der Waals surface area (Å²) in [6.07, 6.45) is 14.0. The number of hydrogen-bond acceptors (Lipinski definition) is 5. The van der Waals surface area contributed by atoms with E-state index in [0.29, 0.717) is 43.1 Å². The Morgan fingerprint density at radius 3 is 2.29 bits per heavy atom. The molecule has 3 saturated heterocycles. The number of hydrogen-bond donors (Lipinski definition) is 1. The van der Waals surface area contributed by atoms with Crippen LogP contribution in [-0.2, 0) is 9.59 Å². The normalized spacial score (nSPS) is 35.9. The molecule has 0 radical (unpaired) electrons. The molecule has 8 nitrogen and oxygen atoms in total. The molecule has 1 amide bonds. The van der Waals surface area contributed by atoms with Crippen LogP contribution in [0.15, 0.2) is 29.1 Å². The van der Waals surface area contributed by atoms with E-state index in [4.69, 9.17) is 4.98 Å². The van der Waals surface area contributed by atoms with Gasteiger partial charge in [-0.3, -0.25) is 19.3 Å². The number of benzene rings is 1. The number of para-hydroxylation sites is 2. The van der Waals surface area contributed by atoms with Gasteiger partial charge in [-0.2, -0.15) is 0 Å². The molecule has 220 valence electrons. The number of carboxylic acids is 1. The van der Waals surface area contributed by atoms with Crippen molar-refractivity contribution in [2.24, 2.45) is 17.8 Å². The van der Waals surface area contributed by atoms with Crippen molar-refractivity contribution in [2.75, 3.05) is 6.54 Å². The third kappa shape index (κ3) is 5.00. The largest absolute Gasteiger partial charge is 0.480 e. The van der Waals surface area contributed by atoms with Crippen LogP contribution in [0.2, 0.25) is 0 Å². The first-order valence-electron chi connectivity index (χ1n) is 16.2. The fourth-order valence-corrected chi connectivity index (χ4v) is 9.89. The molecule has 1 N–H and O–H groups in total. The zero-order valence-electron chi connectivity index (χ0n) is 24.3. The van der Waals surface area contributed by atoms with E-state index in [1.165, 1.54) is 56.3 Å². The van der Waals surface area contributed by atoms with E-state index in [1.807, 2.05) is 28.8 Å². The zero-order chi connectivity index (χ0) is 28.2. The van der Waals surface area contributed by atoms with E-state index < -0.39 is 18.6 Å². The van der Waals surface area contributed by atoms with E-state index in [9.17, 15) is 19.5 Å². The zero-order valence-corrected chi connectivity index (χ0v) is 24.3. The molecule has 4 unspecified atom stereocenters. The van der Waals surface area contributed by atoms with Crippen molar-refractivity contribution >= 4 is 22.9 Å². The maximum absolute atomic E-state index is 14.4. The number of aliphatic carboxylic acids is 1. The molecule has 1 aromatic carbocycles. The second kappa shape index (κ2) is 10.8. The summed E-state index contributed by atoms with van der Waals surface area (Å²) in [7, 11) is 0. The average Bonchev–Trinajstić information content (AvgIpc) is 2.92. The first-order chi connectivity index (χ1) is 19.9. The molecular formula is C33H44N4O4. The molecule has 1 aromatic heterocycles. The molecule has 0 spiro atoms. The summed E-state index contributed by atoms with van der Waals surface area (Å²) >= 11 is 0. The average molecular weight is 561 g/mol. The molecule has 41 heavy (non-hydrogen) atoms. The summed E-state index contributed by atoms with van der Waals surface area (Å²) in [5, 5.41) is 9.53. The summed E-state index contributed by atoms with van der Waals surface area (Å²) in [6, 6.07) is 9.01. The van der Waals surface area contributed by atoms with Crippen LogP contribution in [0.3, 0.4) is 0 Å². The molecule has 8 atom stereocenters. The number of carbonyl (C=O) groups is 2. The van der Waals surface area contributed by atoms with Gasteiger partial charge in [0, 0.05) is 30.6 Å². The SMILES string of the molecule is CC1C[C@@H]2CC(N3[C@@H]4CCC[C@H]3CC(n3c(=O)c(C5CCCC(=O)N5CC(=O)O)nc5ccccc53)C4)C[C@H](C1)C2. The number of nitrogens with zero attached hydrogens (tertiary/aromatic N) is 4. The van der Waals surface area contributed by atoms with E-state index in [0.717, 1.165) is 41.6 Å². The summed E-state index contributed by atoms with van der Waals surface area (Å²) in [5.74, 6) is 1.35. The quantitative estimate of drug-likeness (QED) is 0.533. The molecule has 2 aliphatic carbocycles. The smallest absolute Gasteiger partial charge is 0.323 e. The van der Waals surface area contributed by atoms with E-state index >= 15 is 0 Å². The Labute approximate surface area is 242 Å². The molecule has 4 bridgehead atoms. The highest BCUT2D eigenvalue weighted by atomic mass is 16.4. The number of carboxylic acid groups (broad SMARTS) is 1. The van der Waals surface area contributed by atoms with Crippen LogP contribution in [0.4, 0.5) is 0 Å². The maximum atomic E-state index is 14.4. The third-order valence-corrected chi connectivity index (χ3v) is 11.1. The Morgan fingerprint density at radius 2 is 1.59 bits per heavy atom. The summed E-state index contributed by atoms with van der Waals surface area (Å²) in [4.78, 5) is 47.9. The van der Waals surface area contributed by atoms with Gasteiger partial charge in [0.2, 0.25) is 5.91 Å². The molecule has 5 fully saturated rings. The molecule has 7 rings (SSSR count). The van der Waals surface area contributed by atoms with E-state index in [2.05, 4.69) is 11.8 Å². The highest BCUT2D eigenvalue weighted by Gasteiger charge is 2.46. The van der Waals surface area contributed by atoms with Crippen molar-refractivity contribution in [3.05, 3.63) is 40.3 Å². The van der Waals surface area contributed by atoms with Crippen LogP contribution in [0, 0.1) is 17.8 Å². The van der Waals surface area contributed by atoms with Gasteiger partial charge in [0.25, 0.3) is 5.56 Å². The molecular weight excluding hydrogens is 516 g/mol. The molecule has 3 aliphatic heterocycles. The Kier molecular flexibility index (Phi) is 7.16. The number of fused-ring (bicyclic) bond motifs is 5. The third-order valence-electron chi connectivity index (χ3n) is 11.1. The van der Waals surface area contributed by atoms with Gasteiger partial charge in [-0.25, -0.2) is 4.98 Å². The lowest BCUT2D eigenvalue weighted by Gasteiger charge is -2.56. The minimum Gasteiger partial charge on any atom is -0.480 e. The van der Waals surface area contributed by atoms with E-state index in [1.54, 1.807) is 0 Å². The van der Waals surface area contributed by atoms with Crippen molar-refractivity contribution in [3.63, 3.8) is 0 Å². The monoisotopic (exact) mass is 560 g/mol. The van der Waals surface area contributed by atoms with Gasteiger partial charge >= 0.3 is 5.97 Å². The second-order valence-electron chi connectivity index (χ2n) is 14.0. The van der Waals surface area contributed by atoms with Crippen LogP contribution >= 0.6 is 0 Å². The second-order valence-corrected chi connectivity index (χ2v) is 14.0. The summed E-state index contributed by atoms with van der Waals surface area (Å²) in [5.41, 5.74) is 1.79.